The lowest BCUT2D eigenvalue weighted by molar-refractivity contribution is 0.0318. The minimum absolute atomic E-state index is 0.00951. The molecule has 0 fully saturated rings. The fraction of sp³-hybridized carbons (Fsp3) is 0.222. The Morgan fingerprint density at radius 1 is 0.929 bits per heavy atom. The van der Waals surface area contributed by atoms with Crippen LogP contribution in [0.5, 0.6) is 0 Å². The van der Waals surface area contributed by atoms with Crippen LogP contribution in [0.2, 0.25) is 0 Å². The summed E-state index contributed by atoms with van der Waals surface area (Å²) in [5.74, 6) is -1.32. The molecule has 0 radical (unpaired) electrons. The number of hydrogen-bond donors (Lipinski definition) is 1. The van der Waals surface area contributed by atoms with E-state index in [0.717, 1.165) is 12.5 Å². The second kappa shape index (κ2) is 8.11. The van der Waals surface area contributed by atoms with Gasteiger partial charge in [0.15, 0.2) is 15.9 Å². The van der Waals surface area contributed by atoms with Gasteiger partial charge in [-0.15, -0.1) is 0 Å². The van der Waals surface area contributed by atoms with Crippen molar-refractivity contribution >= 4 is 37.3 Å². The van der Waals surface area contributed by atoms with Gasteiger partial charge in [-0.1, -0.05) is 6.07 Å². The average Bonchev–Trinajstić information content (AvgIpc) is 2.59. The first-order valence-electron chi connectivity index (χ1n) is 8.00. The summed E-state index contributed by atoms with van der Waals surface area (Å²) >= 11 is 0. The molecule has 1 unspecified atom stereocenters. The van der Waals surface area contributed by atoms with Crippen molar-refractivity contribution in [2.45, 2.75) is 17.9 Å². The topological polar surface area (TPSA) is 124 Å². The largest absolute Gasteiger partial charge is 0.451 e. The molecule has 0 spiro atoms. The fourth-order valence-corrected chi connectivity index (χ4v) is 3.52. The maximum Gasteiger partial charge on any atom is 0.338 e. The van der Waals surface area contributed by atoms with Gasteiger partial charge in [-0.05, 0) is 49.4 Å². The quantitative estimate of drug-likeness (QED) is 0.531. The third-order valence-electron chi connectivity index (χ3n) is 3.62. The number of sulfonamides is 1. The molecule has 2 rings (SSSR count). The lowest BCUT2D eigenvalue weighted by Crippen LogP contribution is -2.24. The summed E-state index contributed by atoms with van der Waals surface area (Å²) in [5.41, 5.74) is 0.529. The molecule has 0 bridgehead atoms. The van der Waals surface area contributed by atoms with Gasteiger partial charge in [-0.2, -0.15) is 0 Å². The molecule has 0 amide bonds. The van der Waals surface area contributed by atoms with Gasteiger partial charge in [-0.25, -0.2) is 21.6 Å². The lowest BCUT2D eigenvalue weighted by atomic mass is 10.1. The van der Waals surface area contributed by atoms with Gasteiger partial charge in [0.05, 0.1) is 16.7 Å². The second-order valence-electron chi connectivity index (χ2n) is 6.16. The Hall–Kier alpha value is -2.72. The van der Waals surface area contributed by atoms with Gasteiger partial charge in [0.25, 0.3) is 0 Å². The van der Waals surface area contributed by atoms with Crippen LogP contribution in [0, 0.1) is 0 Å². The van der Waals surface area contributed by atoms with Crippen molar-refractivity contribution in [1.29, 1.82) is 0 Å². The van der Waals surface area contributed by atoms with E-state index in [0.29, 0.717) is 5.69 Å². The van der Waals surface area contributed by atoms with E-state index in [-0.39, 0.29) is 16.0 Å². The smallest absolute Gasteiger partial charge is 0.338 e. The van der Waals surface area contributed by atoms with Gasteiger partial charge in [-0.3, -0.25) is 9.52 Å². The van der Waals surface area contributed by atoms with Crippen molar-refractivity contribution in [2.24, 2.45) is 0 Å². The van der Waals surface area contributed by atoms with Crippen molar-refractivity contribution in [3.05, 3.63) is 59.7 Å². The SMILES string of the molecule is CC(OC(=O)c1cccc(S(C)(=O)=O)c1)C(=O)c1ccc(NS(C)(=O)=O)cc1. The van der Waals surface area contributed by atoms with E-state index in [1.165, 1.54) is 55.5 Å². The highest BCUT2D eigenvalue weighted by atomic mass is 32.2. The van der Waals surface area contributed by atoms with Crippen molar-refractivity contribution < 1.29 is 31.2 Å². The van der Waals surface area contributed by atoms with Gasteiger partial charge in [0.1, 0.15) is 0 Å². The molecule has 150 valence electrons. The number of esters is 1. The number of anilines is 1. The van der Waals surface area contributed by atoms with Crippen LogP contribution in [0.15, 0.2) is 53.4 Å². The molecule has 0 aliphatic rings. The normalized spacial score (nSPS) is 12.8. The molecular weight excluding hydrogens is 406 g/mol. The predicted octanol–water partition coefficient (Wildman–Crippen LogP) is 1.89. The maximum atomic E-state index is 12.4. The Balaban J connectivity index is 2.11. The van der Waals surface area contributed by atoms with Gasteiger partial charge >= 0.3 is 5.97 Å². The van der Waals surface area contributed by atoms with Crippen molar-refractivity contribution in [3.63, 3.8) is 0 Å². The molecule has 2 aromatic carbocycles. The van der Waals surface area contributed by atoms with Crippen LogP contribution in [0.25, 0.3) is 0 Å². The van der Waals surface area contributed by atoms with Crippen LogP contribution in [0.4, 0.5) is 5.69 Å². The number of nitrogens with one attached hydrogen (secondary N) is 1. The number of benzene rings is 2. The van der Waals surface area contributed by atoms with E-state index in [1.807, 2.05) is 0 Å². The molecular formula is C18H19NO7S2. The summed E-state index contributed by atoms with van der Waals surface area (Å²) in [7, 11) is -6.92. The number of carbonyl (C=O) groups is 2. The number of ether oxygens (including phenoxy) is 1. The Kier molecular flexibility index (Phi) is 6.25. The maximum absolute atomic E-state index is 12.4. The van der Waals surface area contributed by atoms with Crippen molar-refractivity contribution in [2.75, 3.05) is 17.2 Å². The van der Waals surface area contributed by atoms with E-state index < -0.39 is 37.7 Å². The molecule has 0 aliphatic carbocycles. The molecule has 1 N–H and O–H groups in total. The standard InChI is InChI=1S/C18H19NO7S2/c1-12(17(20)13-7-9-15(10-8-13)19-28(3,24)25)26-18(21)14-5-4-6-16(11-14)27(2,22)23/h4-12,19H,1-3H3. The summed E-state index contributed by atoms with van der Waals surface area (Å²) in [6, 6.07) is 11.0. The molecule has 28 heavy (non-hydrogen) atoms. The molecule has 0 saturated heterocycles. The molecule has 8 nitrogen and oxygen atoms in total. The lowest BCUT2D eigenvalue weighted by Gasteiger charge is -2.13. The van der Waals surface area contributed by atoms with Crippen LogP contribution in [0.3, 0.4) is 0 Å². The number of ketones is 1. The van der Waals surface area contributed by atoms with E-state index in [1.54, 1.807) is 0 Å². The highest BCUT2D eigenvalue weighted by molar-refractivity contribution is 7.92. The highest BCUT2D eigenvalue weighted by Gasteiger charge is 2.21. The van der Waals surface area contributed by atoms with Crippen LogP contribution < -0.4 is 4.72 Å². The minimum Gasteiger partial charge on any atom is -0.451 e. The van der Waals surface area contributed by atoms with Crippen LogP contribution in [-0.4, -0.2) is 47.2 Å². The number of carbonyl (C=O) groups excluding carboxylic acids is 2. The predicted molar refractivity (Wildman–Crippen MR) is 104 cm³/mol. The molecule has 0 heterocycles. The van der Waals surface area contributed by atoms with Crippen LogP contribution in [0.1, 0.15) is 27.6 Å². The first kappa shape index (κ1) is 21.6. The summed E-state index contributed by atoms with van der Waals surface area (Å²) < 4.78 is 53.0. The summed E-state index contributed by atoms with van der Waals surface area (Å²) in [6.07, 6.45) is 0.904. The fourth-order valence-electron chi connectivity index (χ4n) is 2.29. The molecule has 10 heteroatoms. The number of Topliss-reactive ketones (excluding diaryl/α,β-unsaturated/α-hetero) is 1. The Labute approximate surface area is 163 Å². The Morgan fingerprint density at radius 3 is 2.07 bits per heavy atom. The van der Waals surface area contributed by atoms with Crippen molar-refractivity contribution in [3.8, 4) is 0 Å². The monoisotopic (exact) mass is 425 g/mol. The first-order chi connectivity index (χ1) is 12.9. The zero-order valence-corrected chi connectivity index (χ0v) is 17.0. The molecule has 0 aliphatic heterocycles. The zero-order chi connectivity index (χ0) is 21.1. The van der Waals surface area contributed by atoms with E-state index in [9.17, 15) is 26.4 Å². The number of sulfone groups is 1. The average molecular weight is 425 g/mol. The first-order valence-corrected chi connectivity index (χ1v) is 11.8. The van der Waals surface area contributed by atoms with Gasteiger partial charge < -0.3 is 4.74 Å². The van der Waals surface area contributed by atoms with E-state index in [2.05, 4.69) is 4.72 Å². The molecule has 0 saturated carbocycles. The molecule has 0 aromatic heterocycles. The molecule has 2 aromatic rings. The summed E-state index contributed by atoms with van der Waals surface area (Å²) in [5, 5.41) is 0. The highest BCUT2D eigenvalue weighted by Crippen LogP contribution is 2.16. The zero-order valence-electron chi connectivity index (χ0n) is 15.4. The number of rotatable bonds is 7. The van der Waals surface area contributed by atoms with E-state index in [4.69, 9.17) is 4.74 Å². The summed E-state index contributed by atoms with van der Waals surface area (Å²) in [4.78, 5) is 24.6. The Bertz CT molecular complexity index is 1100. The van der Waals surface area contributed by atoms with Crippen molar-refractivity contribution in [1.82, 2.24) is 0 Å². The number of hydrogen-bond acceptors (Lipinski definition) is 7. The van der Waals surface area contributed by atoms with Gasteiger partial charge in [0, 0.05) is 17.5 Å². The van der Waals surface area contributed by atoms with Crippen LogP contribution in [-0.2, 0) is 24.6 Å². The van der Waals surface area contributed by atoms with Gasteiger partial charge in [0.2, 0.25) is 15.8 Å². The third-order valence-corrected chi connectivity index (χ3v) is 5.34. The minimum atomic E-state index is -3.49. The van der Waals surface area contributed by atoms with E-state index >= 15 is 0 Å². The second-order valence-corrected chi connectivity index (χ2v) is 9.93. The third kappa shape index (κ3) is 5.89. The molecule has 1 atom stereocenters. The van der Waals surface area contributed by atoms with Crippen LogP contribution >= 0.6 is 0 Å². The summed E-state index contributed by atoms with van der Waals surface area (Å²) in [6.45, 7) is 1.39. The Morgan fingerprint density at radius 2 is 1.54 bits per heavy atom.